The number of benzene rings is 1. The zero-order valence-electron chi connectivity index (χ0n) is 14.9. The van der Waals surface area contributed by atoms with Crippen molar-refractivity contribution in [1.82, 2.24) is 9.88 Å². The number of hydrogen-bond acceptors (Lipinski definition) is 5. The molecule has 2 aliphatic heterocycles. The first-order valence-corrected chi connectivity index (χ1v) is 9.11. The Morgan fingerprint density at radius 2 is 1.88 bits per heavy atom. The molecule has 0 bridgehead atoms. The van der Waals surface area contributed by atoms with E-state index in [-0.39, 0.29) is 5.91 Å². The maximum atomic E-state index is 12.6. The predicted molar refractivity (Wildman–Crippen MR) is 99.3 cm³/mol. The number of likely N-dealkylation sites (tertiary alicyclic amines) is 1. The summed E-state index contributed by atoms with van der Waals surface area (Å²) in [4.78, 5) is 18.9. The van der Waals surface area contributed by atoms with E-state index in [1.54, 1.807) is 6.20 Å². The molecular weight excluding hydrogens is 330 g/mol. The number of piperidine rings is 1. The van der Waals surface area contributed by atoms with Gasteiger partial charge in [-0.1, -0.05) is 6.92 Å². The highest BCUT2D eigenvalue weighted by atomic mass is 16.6. The second kappa shape index (κ2) is 7.23. The van der Waals surface area contributed by atoms with E-state index in [0.29, 0.717) is 30.5 Å². The molecule has 0 spiro atoms. The molecule has 1 amide bonds. The van der Waals surface area contributed by atoms with E-state index in [0.717, 1.165) is 43.1 Å². The molecule has 136 valence electrons. The number of anilines is 2. The standard InChI is InChI=1S/C20H23N3O3/c1-14-6-8-23(9-7-14)20(24)15-2-5-19(21-13-15)22-16-3-4-17-18(12-16)26-11-10-25-17/h2-5,12-14H,6-11H2,1H3,(H,21,22). The molecule has 0 unspecified atom stereocenters. The van der Waals surface area contributed by atoms with E-state index in [2.05, 4.69) is 17.2 Å². The average molecular weight is 353 g/mol. The van der Waals surface area contributed by atoms with Crippen LogP contribution < -0.4 is 14.8 Å². The van der Waals surface area contributed by atoms with Gasteiger partial charge in [-0.25, -0.2) is 4.98 Å². The molecule has 0 atom stereocenters. The van der Waals surface area contributed by atoms with Crippen LogP contribution in [0, 0.1) is 5.92 Å². The first-order chi connectivity index (χ1) is 12.7. The van der Waals surface area contributed by atoms with Gasteiger partial charge in [-0.15, -0.1) is 0 Å². The fourth-order valence-electron chi connectivity index (χ4n) is 3.26. The Bertz CT molecular complexity index is 783. The molecule has 6 heteroatoms. The molecule has 1 N–H and O–H groups in total. The Morgan fingerprint density at radius 3 is 2.62 bits per heavy atom. The molecule has 1 aromatic carbocycles. The van der Waals surface area contributed by atoms with Crippen LogP contribution in [-0.4, -0.2) is 42.1 Å². The molecule has 1 saturated heterocycles. The Balaban J connectivity index is 1.42. The smallest absolute Gasteiger partial charge is 0.255 e. The minimum absolute atomic E-state index is 0.0651. The molecule has 4 rings (SSSR count). The monoisotopic (exact) mass is 353 g/mol. The van der Waals surface area contributed by atoms with Crippen molar-refractivity contribution < 1.29 is 14.3 Å². The summed E-state index contributed by atoms with van der Waals surface area (Å²) >= 11 is 0. The predicted octanol–water partition coefficient (Wildman–Crippen LogP) is 3.47. The van der Waals surface area contributed by atoms with Crippen molar-refractivity contribution in [1.29, 1.82) is 0 Å². The SMILES string of the molecule is CC1CCN(C(=O)c2ccc(Nc3ccc4c(c3)OCCO4)nc2)CC1. The summed E-state index contributed by atoms with van der Waals surface area (Å²) in [6, 6.07) is 9.35. The van der Waals surface area contributed by atoms with Crippen molar-refractivity contribution in [3.05, 3.63) is 42.1 Å². The fourth-order valence-corrected chi connectivity index (χ4v) is 3.26. The molecule has 1 aromatic heterocycles. The number of fused-ring (bicyclic) bond motifs is 1. The lowest BCUT2D eigenvalue weighted by atomic mass is 9.99. The van der Waals surface area contributed by atoms with Gasteiger partial charge in [-0.3, -0.25) is 4.79 Å². The molecule has 0 radical (unpaired) electrons. The number of carbonyl (C=O) groups excluding carboxylic acids is 1. The van der Waals surface area contributed by atoms with Crippen LogP contribution in [0.5, 0.6) is 11.5 Å². The van der Waals surface area contributed by atoms with Crippen molar-refractivity contribution in [3.8, 4) is 11.5 Å². The number of rotatable bonds is 3. The third-order valence-corrected chi connectivity index (χ3v) is 4.90. The van der Waals surface area contributed by atoms with Crippen LogP contribution in [0.2, 0.25) is 0 Å². The van der Waals surface area contributed by atoms with Crippen molar-refractivity contribution in [3.63, 3.8) is 0 Å². The van der Waals surface area contributed by atoms with Gasteiger partial charge in [0.15, 0.2) is 11.5 Å². The summed E-state index contributed by atoms with van der Waals surface area (Å²) < 4.78 is 11.1. The normalized spacial score (nSPS) is 17.0. The van der Waals surface area contributed by atoms with Crippen molar-refractivity contribution in [2.45, 2.75) is 19.8 Å². The highest BCUT2D eigenvalue weighted by Crippen LogP contribution is 2.33. The summed E-state index contributed by atoms with van der Waals surface area (Å²) in [5, 5.41) is 3.23. The van der Waals surface area contributed by atoms with E-state index in [9.17, 15) is 4.79 Å². The first kappa shape index (κ1) is 16.7. The lowest BCUT2D eigenvalue weighted by Gasteiger charge is -2.30. The second-order valence-electron chi connectivity index (χ2n) is 6.89. The number of carbonyl (C=O) groups is 1. The molecule has 0 saturated carbocycles. The van der Waals surface area contributed by atoms with Crippen LogP contribution in [0.1, 0.15) is 30.1 Å². The lowest BCUT2D eigenvalue weighted by Crippen LogP contribution is -2.37. The highest BCUT2D eigenvalue weighted by molar-refractivity contribution is 5.94. The maximum absolute atomic E-state index is 12.6. The van der Waals surface area contributed by atoms with Crippen LogP contribution >= 0.6 is 0 Å². The maximum Gasteiger partial charge on any atom is 0.255 e. The molecule has 3 heterocycles. The van der Waals surface area contributed by atoms with E-state index >= 15 is 0 Å². The van der Waals surface area contributed by atoms with E-state index < -0.39 is 0 Å². The largest absolute Gasteiger partial charge is 0.486 e. The number of aromatic nitrogens is 1. The van der Waals surface area contributed by atoms with E-state index in [1.165, 1.54) is 0 Å². The summed E-state index contributed by atoms with van der Waals surface area (Å²) in [6.07, 6.45) is 3.78. The molecule has 2 aromatic rings. The van der Waals surface area contributed by atoms with Crippen molar-refractivity contribution >= 4 is 17.4 Å². The summed E-state index contributed by atoms with van der Waals surface area (Å²) in [5.41, 5.74) is 1.50. The van der Waals surface area contributed by atoms with Crippen molar-refractivity contribution in [2.75, 3.05) is 31.6 Å². The van der Waals surface area contributed by atoms with Crippen molar-refractivity contribution in [2.24, 2.45) is 5.92 Å². The fraction of sp³-hybridized carbons (Fsp3) is 0.400. The topological polar surface area (TPSA) is 63.7 Å². The zero-order chi connectivity index (χ0) is 17.9. The summed E-state index contributed by atoms with van der Waals surface area (Å²) in [5.74, 6) is 2.94. The Hall–Kier alpha value is -2.76. The van der Waals surface area contributed by atoms with Gasteiger partial charge < -0.3 is 19.7 Å². The first-order valence-electron chi connectivity index (χ1n) is 9.11. The van der Waals surface area contributed by atoms with Gasteiger partial charge >= 0.3 is 0 Å². The third kappa shape index (κ3) is 3.59. The minimum Gasteiger partial charge on any atom is -0.486 e. The number of nitrogens with zero attached hydrogens (tertiary/aromatic N) is 2. The summed E-state index contributed by atoms with van der Waals surface area (Å²) in [6.45, 7) is 5.03. The van der Waals surface area contributed by atoms with Crippen LogP contribution in [0.3, 0.4) is 0 Å². The number of pyridine rings is 1. The number of nitrogens with one attached hydrogen (secondary N) is 1. The Morgan fingerprint density at radius 1 is 1.12 bits per heavy atom. The molecule has 26 heavy (non-hydrogen) atoms. The number of amides is 1. The van der Waals surface area contributed by atoms with Crippen LogP contribution in [0.15, 0.2) is 36.5 Å². The van der Waals surface area contributed by atoms with Gasteiger partial charge in [0, 0.05) is 31.0 Å². The van der Waals surface area contributed by atoms with Gasteiger partial charge in [0.1, 0.15) is 19.0 Å². The minimum atomic E-state index is 0.0651. The Labute approximate surface area is 153 Å². The Kier molecular flexibility index (Phi) is 4.65. The molecule has 1 fully saturated rings. The van der Waals surface area contributed by atoms with Gasteiger partial charge in [-0.2, -0.15) is 0 Å². The molecular formula is C20H23N3O3. The van der Waals surface area contributed by atoms with E-state index in [4.69, 9.17) is 9.47 Å². The van der Waals surface area contributed by atoms with E-state index in [1.807, 2.05) is 35.2 Å². The van der Waals surface area contributed by atoms with Crippen LogP contribution in [0.25, 0.3) is 0 Å². The molecule has 6 nitrogen and oxygen atoms in total. The quantitative estimate of drug-likeness (QED) is 0.915. The lowest BCUT2D eigenvalue weighted by molar-refractivity contribution is 0.0697. The van der Waals surface area contributed by atoms with Gasteiger partial charge in [0.2, 0.25) is 0 Å². The average Bonchev–Trinajstić information content (AvgIpc) is 2.68. The number of hydrogen-bond donors (Lipinski definition) is 1. The third-order valence-electron chi connectivity index (χ3n) is 4.90. The highest BCUT2D eigenvalue weighted by Gasteiger charge is 2.21. The zero-order valence-corrected chi connectivity index (χ0v) is 14.9. The molecule has 0 aliphatic carbocycles. The van der Waals surface area contributed by atoms with Gasteiger partial charge in [0.05, 0.1) is 5.56 Å². The molecule has 2 aliphatic rings. The number of ether oxygens (including phenoxy) is 2. The van der Waals surface area contributed by atoms with Crippen LogP contribution in [0.4, 0.5) is 11.5 Å². The summed E-state index contributed by atoms with van der Waals surface area (Å²) in [7, 11) is 0. The van der Waals surface area contributed by atoms with Gasteiger partial charge in [0.25, 0.3) is 5.91 Å². The second-order valence-corrected chi connectivity index (χ2v) is 6.89. The van der Waals surface area contributed by atoms with Crippen LogP contribution in [-0.2, 0) is 0 Å². The van der Waals surface area contributed by atoms with Gasteiger partial charge in [-0.05, 0) is 43.0 Å².